The summed E-state index contributed by atoms with van der Waals surface area (Å²) < 4.78 is 5.90. The quantitative estimate of drug-likeness (QED) is 0.247. The molecule has 3 aromatic carbocycles. The molecule has 0 radical (unpaired) electrons. The van der Waals surface area contributed by atoms with Gasteiger partial charge in [0.2, 0.25) is 5.82 Å². The van der Waals surface area contributed by atoms with Gasteiger partial charge in [0.25, 0.3) is 0 Å². The Morgan fingerprint density at radius 3 is 1.91 bits per heavy atom. The number of rotatable bonds is 8. The summed E-state index contributed by atoms with van der Waals surface area (Å²) in [5.41, 5.74) is 3.76. The Balaban J connectivity index is 1.76. The molecule has 1 aromatic heterocycles. The van der Waals surface area contributed by atoms with E-state index in [0.29, 0.717) is 18.8 Å². The fourth-order valence-electron chi connectivity index (χ4n) is 3.74. The number of nitrogens with zero attached hydrogens (tertiary/aromatic N) is 4. The van der Waals surface area contributed by atoms with Crippen LogP contribution in [0.3, 0.4) is 0 Å². The zero-order valence-corrected chi connectivity index (χ0v) is 18.5. The first-order valence-corrected chi connectivity index (χ1v) is 10.6. The number of ether oxygens (including phenoxy) is 1. The highest BCUT2D eigenvalue weighted by atomic mass is 16.6. The molecule has 0 aliphatic carbocycles. The maximum atomic E-state index is 12.2. The fraction of sp³-hybridized carbons (Fsp3) is 0.154. The number of benzene rings is 3. The number of nitro groups is 1. The SMILES string of the molecule is Cc1cc(C)cc(Oc2ncnc(N(Cc3ccccc3)Cc3ccccc3)c2[N+](=O)[O-])c1. The highest BCUT2D eigenvalue weighted by Gasteiger charge is 2.29. The largest absolute Gasteiger partial charge is 0.434 e. The van der Waals surface area contributed by atoms with Crippen molar-refractivity contribution in [3.8, 4) is 11.6 Å². The lowest BCUT2D eigenvalue weighted by atomic mass is 10.1. The average molecular weight is 441 g/mol. The monoisotopic (exact) mass is 440 g/mol. The lowest BCUT2D eigenvalue weighted by molar-refractivity contribution is -0.385. The van der Waals surface area contributed by atoms with Crippen LogP contribution in [-0.2, 0) is 13.1 Å². The molecule has 4 aromatic rings. The van der Waals surface area contributed by atoms with Gasteiger partial charge >= 0.3 is 11.6 Å². The zero-order chi connectivity index (χ0) is 23.2. The fourth-order valence-corrected chi connectivity index (χ4v) is 3.74. The van der Waals surface area contributed by atoms with E-state index in [0.717, 1.165) is 22.3 Å². The van der Waals surface area contributed by atoms with Gasteiger partial charge in [0.05, 0.1) is 4.92 Å². The molecule has 0 amide bonds. The number of aryl methyl sites for hydroxylation is 2. The molecule has 166 valence electrons. The summed E-state index contributed by atoms with van der Waals surface area (Å²) in [7, 11) is 0. The maximum Gasteiger partial charge on any atom is 0.373 e. The van der Waals surface area contributed by atoms with Crippen LogP contribution >= 0.6 is 0 Å². The molecule has 0 unspecified atom stereocenters. The van der Waals surface area contributed by atoms with E-state index in [1.807, 2.05) is 97.6 Å². The Hall–Kier alpha value is -4.26. The Labute approximate surface area is 192 Å². The molecule has 0 aliphatic rings. The maximum absolute atomic E-state index is 12.2. The van der Waals surface area contributed by atoms with Crippen LogP contribution in [0.1, 0.15) is 22.3 Å². The summed E-state index contributed by atoms with van der Waals surface area (Å²) in [4.78, 5) is 22.0. The van der Waals surface area contributed by atoms with Gasteiger partial charge in [0, 0.05) is 13.1 Å². The normalized spacial score (nSPS) is 10.6. The van der Waals surface area contributed by atoms with Gasteiger partial charge in [-0.3, -0.25) is 10.1 Å². The van der Waals surface area contributed by atoms with E-state index < -0.39 is 4.92 Å². The van der Waals surface area contributed by atoms with E-state index in [4.69, 9.17) is 4.74 Å². The lowest BCUT2D eigenvalue weighted by Crippen LogP contribution is -2.24. The van der Waals surface area contributed by atoms with Crippen LogP contribution in [0, 0.1) is 24.0 Å². The van der Waals surface area contributed by atoms with E-state index in [9.17, 15) is 10.1 Å². The summed E-state index contributed by atoms with van der Waals surface area (Å²) in [6, 6.07) is 25.2. The molecule has 0 saturated heterocycles. The molecule has 0 spiro atoms. The standard InChI is InChI=1S/C26H24N4O3/c1-19-13-20(2)15-23(14-19)33-26-24(30(31)32)25(27-18-28-26)29(16-21-9-5-3-6-10-21)17-22-11-7-4-8-12-22/h3-15,18H,16-17H2,1-2H3. The molecule has 0 atom stereocenters. The Bertz CT molecular complexity index is 1190. The van der Waals surface area contributed by atoms with Crippen molar-refractivity contribution < 1.29 is 9.66 Å². The van der Waals surface area contributed by atoms with Gasteiger partial charge < -0.3 is 9.64 Å². The first kappa shape index (κ1) is 22.0. The molecule has 4 rings (SSSR count). The van der Waals surface area contributed by atoms with Crippen LogP contribution in [0.2, 0.25) is 0 Å². The van der Waals surface area contributed by atoms with Crippen molar-refractivity contribution >= 4 is 11.5 Å². The minimum absolute atomic E-state index is 0.0823. The number of aromatic nitrogens is 2. The van der Waals surface area contributed by atoms with Gasteiger partial charge in [-0.2, -0.15) is 4.98 Å². The molecular formula is C26H24N4O3. The smallest absolute Gasteiger partial charge is 0.373 e. The predicted molar refractivity (Wildman–Crippen MR) is 127 cm³/mol. The summed E-state index contributed by atoms with van der Waals surface area (Å²) in [6.45, 7) is 4.77. The summed E-state index contributed by atoms with van der Waals surface area (Å²) in [6.07, 6.45) is 1.31. The van der Waals surface area contributed by atoms with Crippen LogP contribution in [0.4, 0.5) is 11.5 Å². The van der Waals surface area contributed by atoms with Crippen molar-refractivity contribution in [2.75, 3.05) is 4.90 Å². The Kier molecular flexibility index (Phi) is 6.59. The van der Waals surface area contributed by atoms with Crippen molar-refractivity contribution in [3.05, 3.63) is 118 Å². The summed E-state index contributed by atoms with van der Waals surface area (Å²) in [5.74, 6) is 0.626. The molecule has 33 heavy (non-hydrogen) atoms. The molecule has 1 heterocycles. The van der Waals surface area contributed by atoms with Crippen LogP contribution < -0.4 is 9.64 Å². The lowest BCUT2D eigenvalue weighted by Gasteiger charge is -2.24. The van der Waals surface area contributed by atoms with Crippen LogP contribution in [0.15, 0.2) is 85.2 Å². The van der Waals surface area contributed by atoms with Gasteiger partial charge in [0.1, 0.15) is 12.1 Å². The minimum Gasteiger partial charge on any atom is -0.434 e. The molecule has 0 aliphatic heterocycles. The van der Waals surface area contributed by atoms with Gasteiger partial charge in [-0.25, -0.2) is 4.98 Å². The molecule has 0 fully saturated rings. The first-order chi connectivity index (χ1) is 16.0. The average Bonchev–Trinajstić information content (AvgIpc) is 2.79. The molecule has 0 bridgehead atoms. The summed E-state index contributed by atoms with van der Waals surface area (Å²) in [5, 5.41) is 12.2. The number of hydrogen-bond acceptors (Lipinski definition) is 6. The van der Waals surface area contributed by atoms with Crippen LogP contribution in [0.5, 0.6) is 11.6 Å². The van der Waals surface area contributed by atoms with Crippen LogP contribution in [0.25, 0.3) is 0 Å². The Morgan fingerprint density at radius 2 is 1.39 bits per heavy atom. The predicted octanol–water partition coefficient (Wildman–Crippen LogP) is 6.00. The van der Waals surface area contributed by atoms with Crippen molar-refractivity contribution in [3.63, 3.8) is 0 Å². The minimum atomic E-state index is -0.476. The molecule has 0 saturated carbocycles. The number of hydrogen-bond donors (Lipinski definition) is 0. The van der Waals surface area contributed by atoms with E-state index >= 15 is 0 Å². The van der Waals surface area contributed by atoms with Gasteiger partial charge in [-0.1, -0.05) is 66.7 Å². The van der Waals surface area contributed by atoms with E-state index in [1.165, 1.54) is 6.33 Å². The van der Waals surface area contributed by atoms with Gasteiger partial charge in [0.15, 0.2) is 0 Å². The molecule has 7 heteroatoms. The summed E-state index contributed by atoms with van der Waals surface area (Å²) >= 11 is 0. The van der Waals surface area contributed by atoms with E-state index in [1.54, 1.807) is 0 Å². The van der Waals surface area contributed by atoms with Crippen LogP contribution in [-0.4, -0.2) is 14.9 Å². The van der Waals surface area contributed by atoms with E-state index in [-0.39, 0.29) is 17.4 Å². The van der Waals surface area contributed by atoms with Crippen molar-refractivity contribution in [2.45, 2.75) is 26.9 Å². The third kappa shape index (κ3) is 5.51. The number of anilines is 1. The third-order valence-electron chi connectivity index (χ3n) is 5.09. The van der Waals surface area contributed by atoms with Crippen molar-refractivity contribution in [2.24, 2.45) is 0 Å². The van der Waals surface area contributed by atoms with Gasteiger partial charge in [-0.15, -0.1) is 0 Å². The van der Waals surface area contributed by atoms with Crippen molar-refractivity contribution in [1.82, 2.24) is 9.97 Å². The third-order valence-corrected chi connectivity index (χ3v) is 5.09. The Morgan fingerprint density at radius 1 is 0.848 bits per heavy atom. The topological polar surface area (TPSA) is 81.4 Å². The molecule has 7 nitrogen and oxygen atoms in total. The van der Waals surface area contributed by atoms with E-state index in [2.05, 4.69) is 9.97 Å². The second-order valence-electron chi connectivity index (χ2n) is 7.86. The first-order valence-electron chi connectivity index (χ1n) is 10.6. The van der Waals surface area contributed by atoms with Crippen molar-refractivity contribution in [1.29, 1.82) is 0 Å². The second-order valence-corrected chi connectivity index (χ2v) is 7.86. The molecular weight excluding hydrogens is 416 g/mol. The highest BCUT2D eigenvalue weighted by molar-refractivity contribution is 5.63. The zero-order valence-electron chi connectivity index (χ0n) is 18.5. The molecule has 0 N–H and O–H groups in total. The second kappa shape index (κ2) is 9.91. The van der Waals surface area contributed by atoms with Gasteiger partial charge in [-0.05, 0) is 48.2 Å². The highest BCUT2D eigenvalue weighted by Crippen LogP contribution is 2.37.